The van der Waals surface area contributed by atoms with Crippen molar-refractivity contribution in [1.82, 2.24) is 19.8 Å². The molecular weight excluding hydrogens is 328 g/mol. The molecule has 0 unspecified atom stereocenters. The normalized spacial score (nSPS) is 33.4. The fourth-order valence-corrected chi connectivity index (χ4v) is 6.99. The molecule has 0 atom stereocenters. The van der Waals surface area contributed by atoms with E-state index in [-0.39, 0.29) is 5.41 Å². The van der Waals surface area contributed by atoms with Crippen molar-refractivity contribution in [3.8, 4) is 10.6 Å². The molecule has 0 N–H and O–H groups in total. The zero-order valence-corrected chi connectivity index (χ0v) is 15.3. The third-order valence-corrected chi connectivity index (χ3v) is 7.75. The number of rotatable bonds is 2. The van der Waals surface area contributed by atoms with E-state index in [0.717, 1.165) is 33.5 Å². The van der Waals surface area contributed by atoms with Crippen LogP contribution in [0.4, 0.5) is 0 Å². The molecule has 25 heavy (non-hydrogen) atoms. The summed E-state index contributed by atoms with van der Waals surface area (Å²) in [4.78, 5) is 0.946. The SMILES string of the molecule is Cc1ccc(-c2nn3c(C45CC6CC(CC(C6)C4)C5)nnc3s2)cc1. The highest BCUT2D eigenvalue weighted by Crippen LogP contribution is 2.60. The van der Waals surface area contributed by atoms with Crippen LogP contribution in [0.1, 0.15) is 49.9 Å². The molecular formula is C20H22N4S. The van der Waals surface area contributed by atoms with Crippen molar-refractivity contribution < 1.29 is 0 Å². The van der Waals surface area contributed by atoms with E-state index in [9.17, 15) is 0 Å². The molecule has 4 aliphatic carbocycles. The summed E-state index contributed by atoms with van der Waals surface area (Å²) in [7, 11) is 0. The highest BCUT2D eigenvalue weighted by molar-refractivity contribution is 7.19. The van der Waals surface area contributed by atoms with Gasteiger partial charge in [0.15, 0.2) is 5.82 Å². The van der Waals surface area contributed by atoms with Gasteiger partial charge in [-0.15, -0.1) is 10.2 Å². The highest BCUT2D eigenvalue weighted by atomic mass is 32.1. The molecule has 0 aliphatic heterocycles. The Hall–Kier alpha value is -1.75. The molecule has 0 amide bonds. The van der Waals surface area contributed by atoms with Crippen LogP contribution in [0.2, 0.25) is 0 Å². The van der Waals surface area contributed by atoms with Gasteiger partial charge in [-0.1, -0.05) is 41.2 Å². The van der Waals surface area contributed by atoms with Crippen molar-refractivity contribution in [1.29, 1.82) is 0 Å². The van der Waals surface area contributed by atoms with Gasteiger partial charge in [-0.05, 0) is 63.2 Å². The molecule has 3 aromatic rings. The lowest BCUT2D eigenvalue weighted by Gasteiger charge is -2.55. The number of fused-ring (bicyclic) bond motifs is 1. The van der Waals surface area contributed by atoms with Crippen LogP contribution >= 0.6 is 11.3 Å². The van der Waals surface area contributed by atoms with Gasteiger partial charge in [-0.3, -0.25) is 0 Å². The average Bonchev–Trinajstić information content (AvgIpc) is 3.14. The molecule has 0 spiro atoms. The summed E-state index contributed by atoms with van der Waals surface area (Å²) in [5.74, 6) is 3.88. The summed E-state index contributed by atoms with van der Waals surface area (Å²) in [6.07, 6.45) is 8.26. The van der Waals surface area contributed by atoms with Crippen molar-refractivity contribution in [2.45, 2.75) is 50.9 Å². The molecule has 1 aromatic carbocycles. The molecule has 7 rings (SSSR count). The Morgan fingerprint density at radius 1 is 0.960 bits per heavy atom. The van der Waals surface area contributed by atoms with Crippen molar-refractivity contribution in [2.24, 2.45) is 17.8 Å². The summed E-state index contributed by atoms with van der Waals surface area (Å²) in [5.41, 5.74) is 2.70. The summed E-state index contributed by atoms with van der Waals surface area (Å²) in [6.45, 7) is 2.12. The minimum atomic E-state index is 0.243. The predicted molar refractivity (Wildman–Crippen MR) is 98.7 cm³/mol. The second kappa shape index (κ2) is 4.91. The molecule has 4 bridgehead atoms. The molecule has 4 saturated carbocycles. The van der Waals surface area contributed by atoms with Gasteiger partial charge in [-0.2, -0.15) is 9.61 Å². The van der Waals surface area contributed by atoms with Crippen LogP contribution < -0.4 is 0 Å². The van der Waals surface area contributed by atoms with Crippen LogP contribution in [0.15, 0.2) is 24.3 Å². The zero-order chi connectivity index (χ0) is 16.6. The van der Waals surface area contributed by atoms with Gasteiger partial charge in [0.1, 0.15) is 5.01 Å². The van der Waals surface area contributed by atoms with Gasteiger partial charge in [0, 0.05) is 11.0 Å². The maximum atomic E-state index is 4.94. The van der Waals surface area contributed by atoms with Crippen molar-refractivity contribution in [3.63, 3.8) is 0 Å². The second-order valence-corrected chi connectivity index (χ2v) is 9.65. The van der Waals surface area contributed by atoms with Gasteiger partial charge in [0.25, 0.3) is 0 Å². The van der Waals surface area contributed by atoms with E-state index < -0.39 is 0 Å². The number of hydrogen-bond acceptors (Lipinski definition) is 4. The number of benzene rings is 1. The standard InChI is InChI=1S/C20H22N4S/c1-12-2-4-16(5-3-12)17-23-24-18(21-22-19(24)25-17)20-9-13-6-14(10-20)8-15(7-13)11-20/h2-5,13-15H,6-11H2,1H3. The smallest absolute Gasteiger partial charge is 0.186 e. The van der Waals surface area contributed by atoms with Crippen LogP contribution in [0, 0.1) is 24.7 Å². The van der Waals surface area contributed by atoms with Gasteiger partial charge >= 0.3 is 0 Å². The number of aromatic nitrogens is 4. The second-order valence-electron chi connectivity index (χ2n) is 8.69. The Morgan fingerprint density at radius 3 is 2.24 bits per heavy atom. The molecule has 128 valence electrons. The molecule has 4 fully saturated rings. The Balaban J connectivity index is 1.45. The molecule has 0 saturated heterocycles. The van der Waals surface area contributed by atoms with E-state index in [1.54, 1.807) is 11.3 Å². The molecule has 2 heterocycles. The first-order valence-electron chi connectivity index (χ1n) is 9.48. The van der Waals surface area contributed by atoms with E-state index in [0.29, 0.717) is 0 Å². The van der Waals surface area contributed by atoms with Gasteiger partial charge < -0.3 is 0 Å². The minimum absolute atomic E-state index is 0.243. The topological polar surface area (TPSA) is 43.1 Å². The van der Waals surface area contributed by atoms with Crippen LogP contribution in [0.25, 0.3) is 15.5 Å². The molecule has 2 aromatic heterocycles. The Bertz CT molecular complexity index is 917. The van der Waals surface area contributed by atoms with Gasteiger partial charge in [-0.25, -0.2) is 0 Å². The average molecular weight is 350 g/mol. The third-order valence-electron chi connectivity index (χ3n) is 6.80. The van der Waals surface area contributed by atoms with Gasteiger partial charge in [0.05, 0.1) is 0 Å². The monoisotopic (exact) mass is 350 g/mol. The molecule has 4 nitrogen and oxygen atoms in total. The summed E-state index contributed by atoms with van der Waals surface area (Å²) in [6, 6.07) is 8.62. The van der Waals surface area contributed by atoms with Crippen molar-refractivity contribution in [3.05, 3.63) is 35.7 Å². The predicted octanol–water partition coefficient (Wildman–Crippen LogP) is 4.63. The van der Waals surface area contributed by atoms with E-state index in [1.807, 2.05) is 0 Å². The van der Waals surface area contributed by atoms with Crippen LogP contribution in [-0.4, -0.2) is 19.8 Å². The minimum Gasteiger partial charge on any atom is -0.186 e. The lowest BCUT2D eigenvalue weighted by molar-refractivity contribution is -0.0103. The first-order valence-corrected chi connectivity index (χ1v) is 10.3. The Kier molecular flexibility index (Phi) is 2.83. The number of nitrogens with zero attached hydrogens (tertiary/aromatic N) is 4. The van der Waals surface area contributed by atoms with E-state index >= 15 is 0 Å². The number of hydrogen-bond donors (Lipinski definition) is 0. The zero-order valence-electron chi connectivity index (χ0n) is 14.5. The highest BCUT2D eigenvalue weighted by Gasteiger charge is 2.54. The quantitative estimate of drug-likeness (QED) is 0.677. The van der Waals surface area contributed by atoms with Crippen molar-refractivity contribution >= 4 is 16.3 Å². The third kappa shape index (κ3) is 2.08. The number of aryl methyl sites for hydroxylation is 1. The largest absolute Gasteiger partial charge is 0.235 e. The molecule has 4 aliphatic rings. The Morgan fingerprint density at radius 2 is 1.60 bits per heavy atom. The van der Waals surface area contributed by atoms with Gasteiger partial charge in [0.2, 0.25) is 4.96 Å². The Labute approximate surface area is 151 Å². The summed E-state index contributed by atoms with van der Waals surface area (Å²) < 4.78 is 2.08. The lowest BCUT2D eigenvalue weighted by atomic mass is 9.49. The maximum absolute atomic E-state index is 4.94. The van der Waals surface area contributed by atoms with Crippen molar-refractivity contribution in [2.75, 3.05) is 0 Å². The fourth-order valence-electron chi connectivity index (χ4n) is 6.14. The fraction of sp³-hybridized carbons (Fsp3) is 0.550. The summed E-state index contributed by atoms with van der Waals surface area (Å²) >= 11 is 1.66. The van der Waals surface area contributed by atoms with Crippen LogP contribution in [0.3, 0.4) is 0 Å². The van der Waals surface area contributed by atoms with E-state index in [4.69, 9.17) is 5.10 Å². The first-order chi connectivity index (χ1) is 12.2. The summed E-state index contributed by atoms with van der Waals surface area (Å²) in [5, 5.41) is 15.2. The van der Waals surface area contributed by atoms with Crippen LogP contribution in [-0.2, 0) is 5.41 Å². The molecule has 5 heteroatoms. The van der Waals surface area contributed by atoms with E-state index in [2.05, 4.69) is 45.9 Å². The first kappa shape index (κ1) is 14.4. The lowest BCUT2D eigenvalue weighted by Crippen LogP contribution is -2.49. The molecule has 0 radical (unpaired) electrons. The maximum Gasteiger partial charge on any atom is 0.235 e. The van der Waals surface area contributed by atoms with Crippen LogP contribution in [0.5, 0.6) is 0 Å². The van der Waals surface area contributed by atoms with E-state index in [1.165, 1.54) is 49.7 Å².